The molecule has 1 fully saturated rings. The molecule has 0 amide bonds. The van der Waals surface area contributed by atoms with E-state index in [1.54, 1.807) is 7.11 Å². The summed E-state index contributed by atoms with van der Waals surface area (Å²) in [6.07, 6.45) is 4.56. The van der Waals surface area contributed by atoms with Crippen LogP contribution in [0.15, 0.2) is 0 Å². The number of hydrogen-bond acceptors (Lipinski definition) is 4. The number of rotatable bonds is 7. The highest BCUT2D eigenvalue weighted by Crippen LogP contribution is 2.42. The highest BCUT2D eigenvalue weighted by atomic mass is 127. The van der Waals surface area contributed by atoms with Crippen LogP contribution in [0.1, 0.15) is 50.5 Å². The van der Waals surface area contributed by atoms with E-state index in [4.69, 9.17) is 9.72 Å². The molecule has 0 radical (unpaired) electrons. The Morgan fingerprint density at radius 2 is 2.16 bits per heavy atom. The van der Waals surface area contributed by atoms with Crippen LogP contribution in [0, 0.1) is 3.57 Å². The molecule has 19 heavy (non-hydrogen) atoms. The van der Waals surface area contributed by atoms with Gasteiger partial charge in [-0.2, -0.15) is 0 Å². The molecule has 4 nitrogen and oxygen atoms in total. The van der Waals surface area contributed by atoms with Gasteiger partial charge < -0.3 is 10.1 Å². The fourth-order valence-electron chi connectivity index (χ4n) is 1.93. The first-order chi connectivity index (χ1) is 9.15. The third-order valence-corrected chi connectivity index (χ3v) is 4.37. The molecule has 1 aliphatic rings. The second-order valence-electron chi connectivity index (χ2n) is 5.14. The molecule has 0 spiro atoms. The fraction of sp³-hybridized carbons (Fsp3) is 0.714. The molecule has 1 saturated carbocycles. The van der Waals surface area contributed by atoms with E-state index in [0.717, 1.165) is 31.0 Å². The molecule has 1 atom stereocenters. The molecule has 0 saturated heterocycles. The molecule has 0 bridgehead atoms. The van der Waals surface area contributed by atoms with Crippen LogP contribution >= 0.6 is 22.6 Å². The van der Waals surface area contributed by atoms with Crippen LogP contribution in [-0.2, 0) is 11.2 Å². The lowest BCUT2D eigenvalue weighted by Crippen LogP contribution is -2.15. The molecule has 1 aromatic rings. The minimum absolute atomic E-state index is 0.158. The summed E-state index contributed by atoms with van der Waals surface area (Å²) in [6, 6.07) is 0. The number of halogens is 1. The summed E-state index contributed by atoms with van der Waals surface area (Å²) >= 11 is 2.38. The van der Waals surface area contributed by atoms with E-state index in [-0.39, 0.29) is 6.10 Å². The summed E-state index contributed by atoms with van der Waals surface area (Å²) in [4.78, 5) is 9.41. The van der Waals surface area contributed by atoms with Crippen molar-refractivity contribution in [2.45, 2.75) is 51.6 Å². The molecule has 1 aromatic heterocycles. The number of aromatic nitrogens is 2. The van der Waals surface area contributed by atoms with E-state index >= 15 is 0 Å². The first-order valence-electron chi connectivity index (χ1n) is 6.98. The predicted octanol–water partition coefficient (Wildman–Crippen LogP) is 3.36. The van der Waals surface area contributed by atoms with Gasteiger partial charge in [-0.05, 0) is 48.8 Å². The zero-order chi connectivity index (χ0) is 13.8. The van der Waals surface area contributed by atoms with Crippen molar-refractivity contribution in [3.05, 3.63) is 15.1 Å². The van der Waals surface area contributed by atoms with Gasteiger partial charge in [-0.1, -0.05) is 6.92 Å². The lowest BCUT2D eigenvalue weighted by atomic mass is 10.2. The average Bonchev–Trinajstić information content (AvgIpc) is 3.23. The van der Waals surface area contributed by atoms with Gasteiger partial charge in [0, 0.05) is 26.0 Å². The summed E-state index contributed by atoms with van der Waals surface area (Å²) in [5, 5.41) is 3.42. The van der Waals surface area contributed by atoms with Crippen LogP contribution in [0.2, 0.25) is 0 Å². The summed E-state index contributed by atoms with van der Waals surface area (Å²) < 4.78 is 6.52. The number of anilines is 1. The predicted molar refractivity (Wildman–Crippen MR) is 85.7 cm³/mol. The minimum Gasteiger partial charge on any atom is -0.381 e. The Bertz CT molecular complexity index is 435. The van der Waals surface area contributed by atoms with Gasteiger partial charge in [-0.25, -0.2) is 9.97 Å². The lowest BCUT2D eigenvalue weighted by molar-refractivity contribution is 0.117. The van der Waals surface area contributed by atoms with Crippen molar-refractivity contribution in [3.63, 3.8) is 0 Å². The van der Waals surface area contributed by atoms with Crippen molar-refractivity contribution in [3.8, 4) is 0 Å². The van der Waals surface area contributed by atoms with Crippen molar-refractivity contribution in [1.29, 1.82) is 0 Å². The zero-order valence-electron chi connectivity index (χ0n) is 11.9. The quantitative estimate of drug-likeness (QED) is 0.743. The fourth-order valence-corrected chi connectivity index (χ4v) is 2.80. The molecule has 0 aromatic carbocycles. The first kappa shape index (κ1) is 15.0. The Labute approximate surface area is 128 Å². The number of nitrogens with zero attached hydrogens (tertiary/aromatic N) is 2. The monoisotopic (exact) mass is 375 g/mol. The van der Waals surface area contributed by atoms with Crippen molar-refractivity contribution >= 4 is 28.4 Å². The third-order valence-electron chi connectivity index (χ3n) is 3.30. The Morgan fingerprint density at radius 1 is 1.42 bits per heavy atom. The van der Waals surface area contributed by atoms with E-state index in [0.29, 0.717) is 5.92 Å². The Kier molecular flexibility index (Phi) is 5.38. The Morgan fingerprint density at radius 3 is 2.74 bits per heavy atom. The van der Waals surface area contributed by atoms with Crippen LogP contribution in [0.25, 0.3) is 0 Å². The minimum atomic E-state index is 0.158. The summed E-state index contributed by atoms with van der Waals surface area (Å²) in [6.45, 7) is 5.17. The SMILES string of the molecule is CCCNc1nc(CC(C)OC)nc(C2CC2)c1I. The van der Waals surface area contributed by atoms with Crippen LogP contribution in [0.3, 0.4) is 0 Å². The number of hydrogen-bond donors (Lipinski definition) is 1. The molecule has 1 N–H and O–H groups in total. The average molecular weight is 375 g/mol. The van der Waals surface area contributed by atoms with E-state index < -0.39 is 0 Å². The molecule has 106 valence electrons. The van der Waals surface area contributed by atoms with Crippen LogP contribution in [0.4, 0.5) is 5.82 Å². The Hall–Kier alpha value is -0.430. The van der Waals surface area contributed by atoms with Gasteiger partial charge in [0.2, 0.25) is 0 Å². The highest BCUT2D eigenvalue weighted by molar-refractivity contribution is 14.1. The maximum atomic E-state index is 5.32. The standard InChI is InChI=1S/C14H22IN3O/c1-4-7-16-14-12(15)13(10-5-6-10)17-11(18-14)8-9(2)19-3/h9-10H,4-8H2,1-3H3,(H,16,17,18). The largest absolute Gasteiger partial charge is 0.381 e. The Balaban J connectivity index is 2.24. The van der Waals surface area contributed by atoms with Crippen LogP contribution < -0.4 is 5.32 Å². The number of methoxy groups -OCH3 is 1. The maximum absolute atomic E-state index is 5.32. The van der Waals surface area contributed by atoms with Gasteiger partial charge in [0.1, 0.15) is 11.6 Å². The molecular formula is C14H22IN3O. The van der Waals surface area contributed by atoms with Gasteiger partial charge in [0.05, 0.1) is 15.4 Å². The van der Waals surface area contributed by atoms with E-state index in [2.05, 4.69) is 46.7 Å². The molecular weight excluding hydrogens is 353 g/mol. The normalized spacial score (nSPS) is 16.4. The molecule has 1 unspecified atom stereocenters. The molecule has 1 heterocycles. The molecule has 2 rings (SSSR count). The van der Waals surface area contributed by atoms with Gasteiger partial charge >= 0.3 is 0 Å². The van der Waals surface area contributed by atoms with Crippen molar-refractivity contribution < 1.29 is 4.74 Å². The molecule has 5 heteroatoms. The van der Waals surface area contributed by atoms with Crippen molar-refractivity contribution in [1.82, 2.24) is 9.97 Å². The van der Waals surface area contributed by atoms with E-state index in [1.165, 1.54) is 22.1 Å². The maximum Gasteiger partial charge on any atom is 0.143 e. The summed E-state index contributed by atoms with van der Waals surface area (Å²) in [5.74, 6) is 2.54. The van der Waals surface area contributed by atoms with E-state index in [1.807, 2.05) is 0 Å². The van der Waals surface area contributed by atoms with Gasteiger partial charge in [0.15, 0.2) is 0 Å². The zero-order valence-corrected chi connectivity index (χ0v) is 14.0. The van der Waals surface area contributed by atoms with Crippen molar-refractivity contribution in [2.24, 2.45) is 0 Å². The van der Waals surface area contributed by atoms with Crippen molar-refractivity contribution in [2.75, 3.05) is 19.0 Å². The second kappa shape index (κ2) is 6.83. The number of ether oxygens (including phenoxy) is 1. The van der Waals surface area contributed by atoms with Gasteiger partial charge in [-0.15, -0.1) is 0 Å². The first-order valence-corrected chi connectivity index (χ1v) is 8.06. The molecule has 0 aliphatic heterocycles. The van der Waals surface area contributed by atoms with Crippen LogP contribution in [-0.4, -0.2) is 29.7 Å². The lowest BCUT2D eigenvalue weighted by Gasteiger charge is -2.14. The smallest absolute Gasteiger partial charge is 0.143 e. The highest BCUT2D eigenvalue weighted by Gasteiger charge is 2.29. The summed E-state index contributed by atoms with van der Waals surface area (Å²) in [5.41, 5.74) is 1.23. The van der Waals surface area contributed by atoms with Gasteiger partial charge in [0.25, 0.3) is 0 Å². The van der Waals surface area contributed by atoms with Gasteiger partial charge in [-0.3, -0.25) is 0 Å². The van der Waals surface area contributed by atoms with Crippen LogP contribution in [0.5, 0.6) is 0 Å². The third kappa shape index (κ3) is 4.02. The summed E-state index contributed by atoms with van der Waals surface area (Å²) in [7, 11) is 1.73. The topological polar surface area (TPSA) is 47.0 Å². The second-order valence-corrected chi connectivity index (χ2v) is 6.22. The molecule has 1 aliphatic carbocycles. The van der Waals surface area contributed by atoms with E-state index in [9.17, 15) is 0 Å². The number of nitrogens with one attached hydrogen (secondary N) is 1.